The predicted octanol–water partition coefficient (Wildman–Crippen LogP) is 3.60. The van der Waals surface area contributed by atoms with Crippen LogP contribution in [0.25, 0.3) is 11.0 Å². The highest BCUT2D eigenvalue weighted by atomic mass is 16.5. The van der Waals surface area contributed by atoms with Crippen molar-refractivity contribution >= 4 is 16.7 Å². The summed E-state index contributed by atoms with van der Waals surface area (Å²) in [5, 5.41) is 0.985. The molecule has 1 aromatic heterocycles. The number of hydrogen-bond donors (Lipinski definition) is 1. The lowest BCUT2D eigenvalue weighted by atomic mass is 10.2. The summed E-state index contributed by atoms with van der Waals surface area (Å²) in [6.45, 7) is 0.376. The van der Waals surface area contributed by atoms with Gasteiger partial charge in [-0.15, -0.1) is 0 Å². The van der Waals surface area contributed by atoms with E-state index in [9.17, 15) is 0 Å². The van der Waals surface area contributed by atoms with Gasteiger partial charge in [-0.25, -0.2) is 0 Å². The van der Waals surface area contributed by atoms with Crippen molar-refractivity contribution in [2.75, 3.05) is 12.8 Å². The Hall–Kier alpha value is -2.62. The third-order valence-electron chi connectivity index (χ3n) is 3.03. The summed E-state index contributed by atoms with van der Waals surface area (Å²) < 4.78 is 16.5. The molecule has 3 aromatic rings. The van der Waals surface area contributed by atoms with Gasteiger partial charge in [0.05, 0.1) is 7.11 Å². The maximum absolute atomic E-state index is 5.74. The molecule has 0 aliphatic heterocycles. The molecule has 0 bridgehead atoms. The molecular weight excluding hydrogens is 254 g/mol. The van der Waals surface area contributed by atoms with Gasteiger partial charge in [0.25, 0.3) is 0 Å². The largest absolute Gasteiger partial charge is 0.497 e. The van der Waals surface area contributed by atoms with Gasteiger partial charge in [0, 0.05) is 11.1 Å². The fourth-order valence-electron chi connectivity index (χ4n) is 2.01. The summed E-state index contributed by atoms with van der Waals surface area (Å²) >= 11 is 0. The van der Waals surface area contributed by atoms with E-state index in [-0.39, 0.29) is 0 Å². The Labute approximate surface area is 116 Å². The van der Waals surface area contributed by atoms with Crippen molar-refractivity contribution in [2.45, 2.75) is 6.61 Å². The van der Waals surface area contributed by atoms with Crippen LogP contribution in [0.1, 0.15) is 5.76 Å². The molecule has 20 heavy (non-hydrogen) atoms. The summed E-state index contributed by atoms with van der Waals surface area (Å²) in [4.78, 5) is 0. The van der Waals surface area contributed by atoms with E-state index in [1.54, 1.807) is 7.11 Å². The molecule has 4 heteroatoms. The minimum Gasteiger partial charge on any atom is -0.497 e. The maximum Gasteiger partial charge on any atom is 0.146 e. The number of methoxy groups -OCH3 is 1. The van der Waals surface area contributed by atoms with Crippen LogP contribution in [-0.4, -0.2) is 7.11 Å². The molecule has 102 valence electrons. The molecule has 3 rings (SSSR count). The van der Waals surface area contributed by atoms with Gasteiger partial charge in [-0.05, 0) is 48.5 Å². The second kappa shape index (κ2) is 5.17. The highest BCUT2D eigenvalue weighted by Crippen LogP contribution is 2.23. The Morgan fingerprint density at radius 3 is 2.50 bits per heavy atom. The second-order valence-electron chi connectivity index (χ2n) is 4.47. The number of nitrogens with two attached hydrogens (primary N) is 1. The first-order valence-electron chi connectivity index (χ1n) is 6.29. The molecule has 0 saturated heterocycles. The fourth-order valence-corrected chi connectivity index (χ4v) is 2.01. The Balaban J connectivity index is 1.72. The van der Waals surface area contributed by atoms with Crippen LogP contribution in [0.15, 0.2) is 52.9 Å². The Bertz CT molecular complexity index is 716. The normalized spacial score (nSPS) is 10.7. The lowest BCUT2D eigenvalue weighted by Gasteiger charge is -2.05. The molecule has 1 heterocycles. The quantitative estimate of drug-likeness (QED) is 0.735. The van der Waals surface area contributed by atoms with Gasteiger partial charge < -0.3 is 19.6 Å². The first-order chi connectivity index (χ1) is 9.74. The van der Waals surface area contributed by atoms with Crippen LogP contribution >= 0.6 is 0 Å². The summed E-state index contributed by atoms with van der Waals surface area (Å²) in [6.07, 6.45) is 0. The Morgan fingerprint density at radius 2 is 1.75 bits per heavy atom. The number of fused-ring (bicyclic) bond motifs is 1. The predicted molar refractivity (Wildman–Crippen MR) is 78.0 cm³/mol. The minimum atomic E-state index is 0.376. The van der Waals surface area contributed by atoms with E-state index in [2.05, 4.69) is 0 Å². The third kappa shape index (κ3) is 2.54. The van der Waals surface area contributed by atoms with Crippen molar-refractivity contribution in [1.29, 1.82) is 0 Å². The Morgan fingerprint density at radius 1 is 1.00 bits per heavy atom. The van der Waals surface area contributed by atoms with E-state index in [0.29, 0.717) is 6.61 Å². The smallest absolute Gasteiger partial charge is 0.146 e. The SMILES string of the molecule is COc1ccc(OCc2cc3cc(N)ccc3o2)cc1. The fraction of sp³-hybridized carbons (Fsp3) is 0.125. The molecule has 4 nitrogen and oxygen atoms in total. The van der Waals surface area contributed by atoms with Crippen molar-refractivity contribution in [3.63, 3.8) is 0 Å². The molecule has 0 unspecified atom stereocenters. The van der Waals surface area contributed by atoms with Crippen LogP contribution in [0.5, 0.6) is 11.5 Å². The number of anilines is 1. The first kappa shape index (κ1) is 12.4. The lowest BCUT2D eigenvalue weighted by molar-refractivity contribution is 0.274. The molecule has 0 aliphatic rings. The van der Waals surface area contributed by atoms with E-state index in [1.807, 2.05) is 48.5 Å². The number of furan rings is 1. The van der Waals surface area contributed by atoms with Gasteiger partial charge in [0.2, 0.25) is 0 Å². The van der Waals surface area contributed by atoms with E-state index < -0.39 is 0 Å². The highest BCUT2D eigenvalue weighted by molar-refractivity contribution is 5.81. The maximum atomic E-state index is 5.74. The summed E-state index contributed by atoms with van der Waals surface area (Å²) in [7, 11) is 1.63. The molecule has 0 aliphatic carbocycles. The van der Waals surface area contributed by atoms with Crippen LogP contribution in [0.3, 0.4) is 0 Å². The summed E-state index contributed by atoms with van der Waals surface area (Å²) in [5.41, 5.74) is 7.28. The summed E-state index contributed by atoms with van der Waals surface area (Å²) in [6, 6.07) is 14.9. The monoisotopic (exact) mass is 269 g/mol. The van der Waals surface area contributed by atoms with Crippen molar-refractivity contribution in [1.82, 2.24) is 0 Å². The molecule has 0 amide bonds. The van der Waals surface area contributed by atoms with Crippen molar-refractivity contribution in [2.24, 2.45) is 0 Å². The highest BCUT2D eigenvalue weighted by Gasteiger charge is 2.05. The molecule has 2 N–H and O–H groups in total. The van der Waals surface area contributed by atoms with Gasteiger partial charge in [0.15, 0.2) is 0 Å². The van der Waals surface area contributed by atoms with Gasteiger partial charge in [0.1, 0.15) is 29.4 Å². The third-order valence-corrected chi connectivity index (χ3v) is 3.03. The van der Waals surface area contributed by atoms with Gasteiger partial charge in [-0.2, -0.15) is 0 Å². The van der Waals surface area contributed by atoms with Crippen molar-refractivity contribution in [3.8, 4) is 11.5 Å². The topological polar surface area (TPSA) is 57.6 Å². The average Bonchev–Trinajstić information content (AvgIpc) is 2.87. The standard InChI is InChI=1S/C16H15NO3/c1-18-13-3-5-14(6-4-13)19-10-15-9-11-8-12(17)2-7-16(11)20-15/h2-9H,10,17H2,1H3. The van der Waals surface area contributed by atoms with Gasteiger partial charge >= 0.3 is 0 Å². The first-order valence-corrected chi connectivity index (χ1v) is 6.29. The minimum absolute atomic E-state index is 0.376. The molecule has 0 atom stereocenters. The van der Waals surface area contributed by atoms with E-state index in [0.717, 1.165) is 33.9 Å². The van der Waals surface area contributed by atoms with Crippen molar-refractivity contribution < 1.29 is 13.9 Å². The summed E-state index contributed by atoms with van der Waals surface area (Å²) in [5.74, 6) is 2.34. The van der Waals surface area contributed by atoms with Crippen LogP contribution in [-0.2, 0) is 6.61 Å². The number of rotatable bonds is 4. The van der Waals surface area contributed by atoms with Crippen LogP contribution < -0.4 is 15.2 Å². The van der Waals surface area contributed by atoms with Crippen LogP contribution in [0.2, 0.25) is 0 Å². The van der Waals surface area contributed by atoms with E-state index in [1.165, 1.54) is 0 Å². The molecule has 0 spiro atoms. The van der Waals surface area contributed by atoms with Gasteiger partial charge in [-0.1, -0.05) is 0 Å². The number of ether oxygens (including phenoxy) is 2. The van der Waals surface area contributed by atoms with Gasteiger partial charge in [-0.3, -0.25) is 0 Å². The zero-order valence-corrected chi connectivity index (χ0v) is 11.1. The molecule has 2 aromatic carbocycles. The Kier molecular flexibility index (Phi) is 3.21. The zero-order valence-electron chi connectivity index (χ0n) is 11.1. The molecule has 0 fully saturated rings. The van der Waals surface area contributed by atoms with Crippen LogP contribution in [0, 0.1) is 0 Å². The van der Waals surface area contributed by atoms with E-state index >= 15 is 0 Å². The lowest BCUT2D eigenvalue weighted by Crippen LogP contribution is -1.93. The number of nitrogen functional groups attached to an aromatic ring is 1. The number of benzene rings is 2. The second-order valence-corrected chi connectivity index (χ2v) is 4.47. The molecular formula is C16H15NO3. The van der Waals surface area contributed by atoms with E-state index in [4.69, 9.17) is 19.6 Å². The zero-order chi connectivity index (χ0) is 13.9. The van der Waals surface area contributed by atoms with Crippen LogP contribution in [0.4, 0.5) is 5.69 Å². The molecule has 0 saturated carbocycles. The molecule has 0 radical (unpaired) electrons. The van der Waals surface area contributed by atoms with Crippen molar-refractivity contribution in [3.05, 3.63) is 54.3 Å². The number of hydrogen-bond acceptors (Lipinski definition) is 4. The average molecular weight is 269 g/mol.